The molecule has 19 heteroatoms. The Morgan fingerprint density at radius 3 is 0.988 bits per heavy atom. The van der Waals surface area contributed by atoms with E-state index in [1.54, 1.807) is 97.1 Å². The van der Waals surface area contributed by atoms with Crippen LogP contribution >= 0.6 is 0 Å². The number of fused-ring (bicyclic) bond motifs is 6. The molecule has 0 radical (unpaired) electrons. The third-order valence-electron chi connectivity index (χ3n) is 14.8. The molecule has 0 saturated carbocycles. The average molecular weight is 1130 g/mol. The number of hydrogen-bond donors (Lipinski definition) is 6. The van der Waals surface area contributed by atoms with E-state index < -0.39 is 116 Å². The second-order valence-corrected chi connectivity index (χ2v) is 20.3. The van der Waals surface area contributed by atoms with Crippen LogP contribution in [0.5, 0.6) is 11.5 Å². The minimum atomic E-state index is -1.88. The summed E-state index contributed by atoms with van der Waals surface area (Å²) in [4.78, 5) is 96.8. The minimum Gasteiger partial charge on any atom is -0.507 e. The Morgan fingerprint density at radius 2 is 0.655 bits per heavy atom. The van der Waals surface area contributed by atoms with Crippen molar-refractivity contribution in [1.29, 1.82) is 0 Å². The molecule has 3 atom stereocenters. The van der Waals surface area contributed by atoms with E-state index in [0.717, 1.165) is 21.5 Å². The number of phenols is 2. The highest BCUT2D eigenvalue weighted by atomic mass is 16.6. The van der Waals surface area contributed by atoms with E-state index in [1.807, 2.05) is 60.7 Å². The van der Waals surface area contributed by atoms with Crippen LogP contribution in [0.15, 0.2) is 184 Å². The van der Waals surface area contributed by atoms with Gasteiger partial charge in [0, 0.05) is 17.5 Å². The molecular formula is C65H51N3O16. The summed E-state index contributed by atoms with van der Waals surface area (Å²) in [5, 5.41) is 74.3. The second-order valence-electron chi connectivity index (χ2n) is 20.3. The lowest BCUT2D eigenvalue weighted by atomic mass is 9.90. The van der Waals surface area contributed by atoms with E-state index in [4.69, 9.17) is 14.2 Å². The number of aromatic hydroxyl groups is 2. The van der Waals surface area contributed by atoms with Crippen molar-refractivity contribution in [3.63, 3.8) is 0 Å². The molecule has 422 valence electrons. The zero-order valence-corrected chi connectivity index (χ0v) is 44.5. The van der Waals surface area contributed by atoms with Crippen molar-refractivity contribution in [2.24, 2.45) is 0 Å². The molecule has 6 N–H and O–H groups in total. The van der Waals surface area contributed by atoms with Gasteiger partial charge < -0.3 is 44.8 Å². The van der Waals surface area contributed by atoms with Gasteiger partial charge in [-0.15, -0.1) is 0 Å². The van der Waals surface area contributed by atoms with Gasteiger partial charge in [-0.3, -0.25) is 0 Å². The summed E-state index contributed by atoms with van der Waals surface area (Å²) >= 11 is 0. The monoisotopic (exact) mass is 1130 g/mol. The number of hydrogen-bond acceptors (Lipinski definition) is 15. The molecule has 0 aliphatic heterocycles. The lowest BCUT2D eigenvalue weighted by Crippen LogP contribution is -2.57. The molecule has 11 rings (SSSR count). The van der Waals surface area contributed by atoms with Crippen LogP contribution in [0, 0.1) is 0 Å². The molecule has 0 fully saturated rings. The van der Waals surface area contributed by atoms with Crippen molar-refractivity contribution in [2.75, 3.05) is 19.8 Å². The van der Waals surface area contributed by atoms with Crippen molar-refractivity contribution in [1.82, 2.24) is 13.7 Å². The first kappa shape index (κ1) is 55.4. The topological polar surface area (TPSA) is 283 Å². The molecule has 0 aliphatic carbocycles. The normalized spacial score (nSPS) is 12.7. The Labute approximate surface area is 474 Å². The van der Waals surface area contributed by atoms with E-state index in [-0.39, 0.29) is 34.2 Å². The maximum atomic E-state index is 14.3. The quantitative estimate of drug-likeness (QED) is 0.0276. The van der Waals surface area contributed by atoms with Crippen molar-refractivity contribution in [3.05, 3.63) is 235 Å². The maximum absolute atomic E-state index is 14.3. The number of aliphatic hydroxyl groups is 3. The molecule has 0 saturated heterocycles. The number of carbonyl (C=O) groups is 4. The van der Waals surface area contributed by atoms with Crippen LogP contribution in [0.3, 0.4) is 0 Å². The van der Waals surface area contributed by atoms with Crippen molar-refractivity contribution < 1.29 is 64.0 Å². The van der Waals surface area contributed by atoms with Crippen molar-refractivity contribution in [3.8, 4) is 11.5 Å². The predicted molar refractivity (Wildman–Crippen MR) is 312 cm³/mol. The van der Waals surface area contributed by atoms with E-state index >= 15 is 0 Å². The Bertz CT molecular complexity index is 4390. The zero-order valence-electron chi connectivity index (χ0n) is 44.5. The standard InChI is InChI=1S/C65H51N3O16/c69-42(33-82-60(76)54-28-41-18-2-8-20-46(41)52(58(54)73)29-51-45-19-7-1-17-40(45)27-53(57(51)72)59(74)75)30-66-63(79)67(31-43(70)34-83-61(77)55-47-21-9-3-13-36(47)25-37-14-4-10-22-48(37)55)65(81)68(64(66)80)32-44(71)35-84-62(78)56-49-23-11-5-15-38(49)26-39-16-6-12-24-50(39)56/h1-28,42-44,69-73H,29-35H2,(H,74,75). The number of nitrogens with zero attached hydrogens (tertiary/aromatic N) is 3. The van der Waals surface area contributed by atoms with E-state index in [1.165, 1.54) is 12.1 Å². The smallest absolute Gasteiger partial charge is 0.342 e. The molecule has 3 unspecified atom stereocenters. The van der Waals surface area contributed by atoms with E-state index in [2.05, 4.69) is 0 Å². The number of carbonyl (C=O) groups excluding carboxylic acids is 3. The first-order valence-corrected chi connectivity index (χ1v) is 26.6. The lowest BCUT2D eigenvalue weighted by Gasteiger charge is -2.20. The van der Waals surface area contributed by atoms with Crippen molar-refractivity contribution >= 4 is 88.5 Å². The molecule has 0 spiro atoms. The fourth-order valence-electron chi connectivity index (χ4n) is 10.8. The number of aliphatic hydroxyl groups excluding tert-OH is 3. The van der Waals surface area contributed by atoms with Gasteiger partial charge in [0.1, 0.15) is 60.8 Å². The van der Waals surface area contributed by atoms with Gasteiger partial charge >= 0.3 is 40.9 Å². The minimum absolute atomic E-state index is 0.121. The van der Waals surface area contributed by atoms with Crippen LogP contribution in [0.2, 0.25) is 0 Å². The number of phenolic OH excluding ortho intramolecular Hbond substituents is 1. The fourth-order valence-corrected chi connectivity index (χ4v) is 10.8. The first-order valence-electron chi connectivity index (χ1n) is 26.6. The molecule has 0 bridgehead atoms. The van der Waals surface area contributed by atoms with Gasteiger partial charge in [-0.05, 0) is 88.9 Å². The van der Waals surface area contributed by atoms with Gasteiger partial charge in [0.15, 0.2) is 0 Å². The summed E-state index contributed by atoms with van der Waals surface area (Å²) in [5.74, 6) is -5.36. The Balaban J connectivity index is 0.867. The third kappa shape index (κ3) is 10.7. The molecule has 1 aromatic heterocycles. The van der Waals surface area contributed by atoms with Gasteiger partial charge in [-0.1, -0.05) is 146 Å². The van der Waals surface area contributed by atoms with Gasteiger partial charge in [-0.25, -0.2) is 47.3 Å². The Hall–Kier alpha value is -10.5. The van der Waals surface area contributed by atoms with E-state index in [0.29, 0.717) is 56.8 Å². The fraction of sp³-hybridized carbons (Fsp3) is 0.154. The Kier molecular flexibility index (Phi) is 15.3. The molecular weight excluding hydrogens is 1080 g/mol. The maximum Gasteiger partial charge on any atom is 0.342 e. The van der Waals surface area contributed by atoms with Crippen LogP contribution in [0.4, 0.5) is 0 Å². The molecule has 0 aliphatic rings. The number of esters is 3. The SMILES string of the molecule is O=C(O)c1cc2ccccc2c(Cc2c(O)c(C(=O)OCC(O)Cn3c(=O)n(CC(O)COC(=O)c4c5ccccc5cc5ccccc45)c(=O)n(CC(O)COC(=O)c4c5ccccc5cc5ccccc45)c3=O)cc3ccccc23)c1O. The summed E-state index contributed by atoms with van der Waals surface area (Å²) in [6.07, 6.45) is -5.68. The third-order valence-corrected chi connectivity index (χ3v) is 14.8. The second kappa shape index (κ2) is 23.2. The van der Waals surface area contributed by atoms with Gasteiger partial charge in [0.25, 0.3) is 0 Å². The molecule has 1 heterocycles. The number of rotatable bonds is 18. The predicted octanol–water partition coefficient (Wildman–Crippen LogP) is 7.44. The highest BCUT2D eigenvalue weighted by Crippen LogP contribution is 2.39. The summed E-state index contributed by atoms with van der Waals surface area (Å²) in [6.45, 7) is -5.15. The van der Waals surface area contributed by atoms with Gasteiger partial charge in [0.2, 0.25) is 0 Å². The first-order chi connectivity index (χ1) is 40.6. The summed E-state index contributed by atoms with van der Waals surface area (Å²) in [7, 11) is 0. The van der Waals surface area contributed by atoms with Crippen LogP contribution in [0.25, 0.3) is 64.6 Å². The average Bonchev–Trinajstić information content (AvgIpc) is 3.01. The number of carboxylic acid groups (broad SMARTS) is 1. The largest absolute Gasteiger partial charge is 0.507 e. The summed E-state index contributed by atoms with van der Waals surface area (Å²) in [6, 6.07) is 48.3. The van der Waals surface area contributed by atoms with Crippen LogP contribution in [0.1, 0.15) is 52.6 Å². The van der Waals surface area contributed by atoms with Gasteiger partial charge in [-0.2, -0.15) is 0 Å². The molecule has 19 nitrogen and oxygen atoms in total. The molecule has 0 amide bonds. The zero-order chi connectivity index (χ0) is 58.9. The van der Waals surface area contributed by atoms with Crippen LogP contribution < -0.4 is 17.1 Å². The number of aromatic nitrogens is 3. The Morgan fingerprint density at radius 1 is 0.381 bits per heavy atom. The summed E-state index contributed by atoms with van der Waals surface area (Å²) in [5.41, 5.74) is -4.16. The lowest BCUT2D eigenvalue weighted by molar-refractivity contribution is 0.0170. The highest BCUT2D eigenvalue weighted by Gasteiger charge is 2.28. The molecule has 11 aromatic rings. The number of carboxylic acids is 1. The number of ether oxygens (including phenoxy) is 3. The number of benzene rings is 10. The molecule has 10 aromatic carbocycles. The highest BCUT2D eigenvalue weighted by molar-refractivity contribution is 6.17. The van der Waals surface area contributed by atoms with Crippen LogP contribution in [-0.4, -0.2) is 106 Å². The molecule has 84 heavy (non-hydrogen) atoms. The van der Waals surface area contributed by atoms with Gasteiger partial charge in [0.05, 0.1) is 30.8 Å². The van der Waals surface area contributed by atoms with E-state index in [9.17, 15) is 64.2 Å². The van der Waals surface area contributed by atoms with Crippen LogP contribution in [-0.2, 0) is 40.3 Å². The van der Waals surface area contributed by atoms with Crippen molar-refractivity contribution in [2.45, 2.75) is 44.4 Å². The number of aromatic carboxylic acids is 1. The summed E-state index contributed by atoms with van der Waals surface area (Å²) < 4.78 is 18.0.